The van der Waals surface area contributed by atoms with Crippen LogP contribution in [-0.4, -0.2) is 47.9 Å². The Hall–Kier alpha value is -1.14. The molecule has 0 aliphatic carbocycles. The van der Waals surface area contributed by atoms with Gasteiger partial charge in [0.05, 0.1) is 12.5 Å². The summed E-state index contributed by atoms with van der Waals surface area (Å²) >= 11 is 0. The number of nitrogens with one attached hydrogen (secondary N) is 1. The quantitative estimate of drug-likeness (QED) is 0.542. The first-order valence-corrected chi connectivity index (χ1v) is 6.33. The van der Waals surface area contributed by atoms with Gasteiger partial charge in [0.25, 0.3) is 0 Å². The van der Waals surface area contributed by atoms with Crippen molar-refractivity contribution in [3.8, 4) is 0 Å². The summed E-state index contributed by atoms with van der Waals surface area (Å²) in [6.45, 7) is 9.72. The fourth-order valence-corrected chi connectivity index (χ4v) is 1.86. The number of primary amides is 1. The van der Waals surface area contributed by atoms with Gasteiger partial charge in [-0.2, -0.15) is 0 Å². The second-order valence-corrected chi connectivity index (χ2v) is 4.99. The van der Waals surface area contributed by atoms with E-state index >= 15 is 0 Å². The predicted octanol–water partition coefficient (Wildman–Crippen LogP) is -0.576. The molecule has 1 atom stereocenters. The molecule has 0 heterocycles. The van der Waals surface area contributed by atoms with E-state index in [-0.39, 0.29) is 12.3 Å². The van der Waals surface area contributed by atoms with Crippen molar-refractivity contribution in [2.24, 2.45) is 11.5 Å². The van der Waals surface area contributed by atoms with Crippen LogP contribution in [0.5, 0.6) is 0 Å². The maximum atomic E-state index is 11.5. The summed E-state index contributed by atoms with van der Waals surface area (Å²) in [5.41, 5.74) is 10.5. The van der Waals surface area contributed by atoms with Gasteiger partial charge >= 0.3 is 0 Å². The lowest BCUT2D eigenvalue weighted by Gasteiger charge is -2.30. The molecular weight excluding hydrogens is 232 g/mol. The van der Waals surface area contributed by atoms with E-state index in [2.05, 4.69) is 37.9 Å². The lowest BCUT2D eigenvalue weighted by atomic mass is 10.2. The van der Waals surface area contributed by atoms with E-state index in [1.165, 1.54) is 0 Å². The van der Waals surface area contributed by atoms with Gasteiger partial charge in [-0.05, 0) is 27.7 Å². The van der Waals surface area contributed by atoms with Gasteiger partial charge in [0.15, 0.2) is 0 Å². The maximum Gasteiger partial charge on any atom is 0.237 e. The maximum absolute atomic E-state index is 11.5. The first kappa shape index (κ1) is 16.9. The van der Waals surface area contributed by atoms with Crippen LogP contribution in [0.25, 0.3) is 0 Å². The van der Waals surface area contributed by atoms with E-state index in [1.807, 2.05) is 0 Å². The molecule has 0 bridgehead atoms. The Morgan fingerprint density at radius 2 is 1.67 bits per heavy atom. The van der Waals surface area contributed by atoms with Gasteiger partial charge < -0.3 is 16.8 Å². The molecule has 6 nitrogen and oxygen atoms in total. The number of nitrogens with zero attached hydrogens (tertiary/aromatic N) is 1. The lowest BCUT2D eigenvalue weighted by Crippen LogP contribution is -2.47. The summed E-state index contributed by atoms with van der Waals surface area (Å²) in [7, 11) is 0. The van der Waals surface area contributed by atoms with Crippen LogP contribution in [0.2, 0.25) is 0 Å². The average molecular weight is 258 g/mol. The summed E-state index contributed by atoms with van der Waals surface area (Å²) in [6, 6.07) is -0.0172. The van der Waals surface area contributed by atoms with Crippen LogP contribution in [0.4, 0.5) is 0 Å². The van der Waals surface area contributed by atoms with E-state index in [0.717, 1.165) is 6.54 Å². The van der Waals surface area contributed by atoms with Crippen LogP contribution >= 0.6 is 0 Å². The third-order valence-corrected chi connectivity index (χ3v) is 2.75. The molecule has 2 amide bonds. The predicted molar refractivity (Wildman–Crippen MR) is 71.8 cm³/mol. The SMILES string of the molecule is CC(C)N(CCNC(=O)C(N)CC(N)=O)C(C)C. The van der Waals surface area contributed by atoms with E-state index < -0.39 is 11.9 Å². The molecule has 0 spiro atoms. The first-order chi connectivity index (χ1) is 8.25. The van der Waals surface area contributed by atoms with Crippen molar-refractivity contribution in [3.05, 3.63) is 0 Å². The number of nitrogens with two attached hydrogens (primary N) is 2. The molecular formula is C12H26N4O2. The molecule has 0 saturated carbocycles. The molecule has 1 unspecified atom stereocenters. The van der Waals surface area contributed by atoms with Gasteiger partial charge in [-0.1, -0.05) is 0 Å². The fourth-order valence-electron chi connectivity index (χ4n) is 1.86. The van der Waals surface area contributed by atoms with E-state index in [0.29, 0.717) is 18.6 Å². The van der Waals surface area contributed by atoms with Gasteiger partial charge in [0.1, 0.15) is 0 Å². The monoisotopic (exact) mass is 258 g/mol. The Kier molecular flexibility index (Phi) is 7.54. The zero-order valence-corrected chi connectivity index (χ0v) is 11.8. The number of hydrogen-bond acceptors (Lipinski definition) is 4. The second-order valence-electron chi connectivity index (χ2n) is 4.99. The molecule has 0 fully saturated rings. The van der Waals surface area contributed by atoms with Crippen LogP contribution in [0.1, 0.15) is 34.1 Å². The van der Waals surface area contributed by atoms with E-state index in [9.17, 15) is 9.59 Å². The largest absolute Gasteiger partial charge is 0.370 e. The van der Waals surface area contributed by atoms with Crippen molar-refractivity contribution in [1.29, 1.82) is 0 Å². The van der Waals surface area contributed by atoms with Crippen LogP contribution in [0, 0.1) is 0 Å². The Balaban J connectivity index is 4.02. The normalized spacial score (nSPS) is 13.1. The summed E-state index contributed by atoms with van der Waals surface area (Å²) in [5.74, 6) is -0.898. The summed E-state index contributed by atoms with van der Waals surface area (Å²) in [5, 5.41) is 2.71. The molecule has 0 aromatic rings. The van der Waals surface area contributed by atoms with Gasteiger partial charge in [0.2, 0.25) is 11.8 Å². The highest BCUT2D eigenvalue weighted by molar-refractivity contribution is 5.87. The Morgan fingerprint density at radius 1 is 1.17 bits per heavy atom. The number of rotatable bonds is 8. The molecule has 0 aromatic carbocycles. The smallest absolute Gasteiger partial charge is 0.237 e. The minimum atomic E-state index is -0.853. The third kappa shape index (κ3) is 6.56. The number of hydrogen-bond donors (Lipinski definition) is 3. The summed E-state index contributed by atoms with van der Waals surface area (Å²) in [6.07, 6.45) is -0.121. The zero-order chi connectivity index (χ0) is 14.3. The van der Waals surface area contributed by atoms with E-state index in [4.69, 9.17) is 11.5 Å². The molecule has 0 saturated heterocycles. The fraction of sp³-hybridized carbons (Fsp3) is 0.833. The molecule has 6 heteroatoms. The Morgan fingerprint density at radius 3 is 2.06 bits per heavy atom. The van der Waals surface area contributed by atoms with Crippen LogP contribution in [-0.2, 0) is 9.59 Å². The molecule has 0 aliphatic rings. The van der Waals surface area contributed by atoms with Crippen molar-refractivity contribution in [2.75, 3.05) is 13.1 Å². The molecule has 0 aliphatic heterocycles. The van der Waals surface area contributed by atoms with Crippen LogP contribution in [0.15, 0.2) is 0 Å². The van der Waals surface area contributed by atoms with Gasteiger partial charge in [-0.25, -0.2) is 0 Å². The second kappa shape index (κ2) is 8.05. The van der Waals surface area contributed by atoms with Crippen LogP contribution < -0.4 is 16.8 Å². The molecule has 106 valence electrons. The first-order valence-electron chi connectivity index (χ1n) is 6.33. The lowest BCUT2D eigenvalue weighted by molar-refractivity contribution is -0.126. The minimum Gasteiger partial charge on any atom is -0.370 e. The summed E-state index contributed by atoms with van der Waals surface area (Å²) in [4.78, 5) is 24.4. The van der Waals surface area contributed by atoms with Crippen molar-refractivity contribution in [2.45, 2.75) is 52.2 Å². The minimum absolute atomic E-state index is 0.121. The Labute approximate surface area is 109 Å². The molecule has 0 radical (unpaired) electrons. The van der Waals surface area contributed by atoms with Crippen molar-refractivity contribution >= 4 is 11.8 Å². The number of amides is 2. The summed E-state index contributed by atoms with van der Waals surface area (Å²) < 4.78 is 0. The van der Waals surface area contributed by atoms with Gasteiger partial charge in [0, 0.05) is 25.2 Å². The average Bonchev–Trinajstić information content (AvgIpc) is 2.21. The molecule has 18 heavy (non-hydrogen) atoms. The van der Waals surface area contributed by atoms with Crippen molar-refractivity contribution in [3.63, 3.8) is 0 Å². The van der Waals surface area contributed by atoms with Crippen molar-refractivity contribution in [1.82, 2.24) is 10.2 Å². The zero-order valence-electron chi connectivity index (χ0n) is 11.8. The van der Waals surface area contributed by atoms with Crippen molar-refractivity contribution < 1.29 is 9.59 Å². The van der Waals surface area contributed by atoms with E-state index in [1.54, 1.807) is 0 Å². The standard InChI is InChI=1S/C12H26N4O2/c1-8(2)16(9(3)4)6-5-15-12(18)10(13)7-11(14)17/h8-10H,5-7,13H2,1-4H3,(H2,14,17)(H,15,18). The third-order valence-electron chi connectivity index (χ3n) is 2.75. The highest BCUT2D eigenvalue weighted by Gasteiger charge is 2.17. The van der Waals surface area contributed by atoms with Gasteiger partial charge in [-0.3, -0.25) is 14.5 Å². The highest BCUT2D eigenvalue weighted by Crippen LogP contribution is 2.03. The van der Waals surface area contributed by atoms with Crippen LogP contribution in [0.3, 0.4) is 0 Å². The highest BCUT2D eigenvalue weighted by atomic mass is 16.2. The molecule has 0 rings (SSSR count). The Bertz CT molecular complexity index is 271. The number of carbonyl (C=O) groups is 2. The molecule has 5 N–H and O–H groups in total. The van der Waals surface area contributed by atoms with Gasteiger partial charge in [-0.15, -0.1) is 0 Å². The topological polar surface area (TPSA) is 101 Å². The molecule has 0 aromatic heterocycles. The number of carbonyl (C=O) groups excluding carboxylic acids is 2.